The highest BCUT2D eigenvalue weighted by atomic mass is 32.1. The Kier molecular flexibility index (Phi) is 5.61. The molecule has 2 atom stereocenters. The van der Waals surface area contributed by atoms with Gasteiger partial charge in [0.2, 0.25) is 0 Å². The monoisotopic (exact) mass is 295 g/mol. The smallest absolute Gasteiger partial charge is 0.0593 e. The number of likely N-dealkylation sites (tertiary alicyclic amines) is 1. The molecule has 0 spiro atoms. The van der Waals surface area contributed by atoms with E-state index in [1.54, 1.807) is 0 Å². The third kappa shape index (κ3) is 3.42. The standard InChI is InChI=1S/C16H29N3S/c1-5-19-9-6-14(7-10-19)18(4)15(13(3)17)16-12(2)8-11-20-16/h8,11,13-15H,5-7,9-10,17H2,1-4H3. The fourth-order valence-electron chi connectivity index (χ4n) is 3.35. The van der Waals surface area contributed by atoms with Gasteiger partial charge in [0.25, 0.3) is 0 Å². The Labute approximate surface area is 127 Å². The highest BCUT2D eigenvalue weighted by Crippen LogP contribution is 2.33. The topological polar surface area (TPSA) is 32.5 Å². The fourth-order valence-corrected chi connectivity index (χ4v) is 4.55. The van der Waals surface area contributed by atoms with Gasteiger partial charge in [-0.1, -0.05) is 6.92 Å². The SMILES string of the molecule is CCN1CCC(N(C)C(c2sccc2C)C(C)N)CC1. The van der Waals surface area contributed by atoms with E-state index in [-0.39, 0.29) is 6.04 Å². The molecule has 1 fully saturated rings. The molecular weight excluding hydrogens is 266 g/mol. The van der Waals surface area contributed by atoms with Crippen LogP contribution in [-0.2, 0) is 0 Å². The molecule has 0 aromatic carbocycles. The molecule has 0 aliphatic carbocycles. The molecule has 1 aromatic rings. The van der Waals surface area contributed by atoms with E-state index >= 15 is 0 Å². The normalized spacial score (nSPS) is 21.3. The quantitative estimate of drug-likeness (QED) is 0.906. The summed E-state index contributed by atoms with van der Waals surface area (Å²) in [5.74, 6) is 0. The summed E-state index contributed by atoms with van der Waals surface area (Å²) in [4.78, 5) is 6.53. The lowest BCUT2D eigenvalue weighted by atomic mass is 9.97. The molecule has 3 nitrogen and oxygen atoms in total. The van der Waals surface area contributed by atoms with E-state index in [4.69, 9.17) is 5.73 Å². The Morgan fingerprint density at radius 1 is 1.45 bits per heavy atom. The van der Waals surface area contributed by atoms with Crippen LogP contribution >= 0.6 is 11.3 Å². The zero-order chi connectivity index (χ0) is 14.7. The van der Waals surface area contributed by atoms with E-state index in [0.717, 1.165) is 0 Å². The Morgan fingerprint density at radius 3 is 2.55 bits per heavy atom. The lowest BCUT2D eigenvalue weighted by molar-refractivity contribution is 0.0907. The summed E-state index contributed by atoms with van der Waals surface area (Å²) >= 11 is 1.85. The summed E-state index contributed by atoms with van der Waals surface area (Å²) < 4.78 is 0. The summed E-state index contributed by atoms with van der Waals surface area (Å²) in [6.07, 6.45) is 2.52. The minimum Gasteiger partial charge on any atom is -0.326 e. The second-order valence-corrected chi connectivity index (χ2v) is 7.05. The summed E-state index contributed by atoms with van der Waals surface area (Å²) in [6.45, 7) is 10.2. The Morgan fingerprint density at radius 2 is 2.10 bits per heavy atom. The third-order valence-corrected chi connectivity index (χ3v) is 5.78. The lowest BCUT2D eigenvalue weighted by Crippen LogP contribution is -2.48. The largest absolute Gasteiger partial charge is 0.326 e. The molecular formula is C16H29N3S. The van der Waals surface area contributed by atoms with Crippen molar-refractivity contribution < 1.29 is 0 Å². The first-order valence-electron chi connectivity index (χ1n) is 7.78. The van der Waals surface area contributed by atoms with Crippen LogP contribution < -0.4 is 5.73 Å². The zero-order valence-electron chi connectivity index (χ0n) is 13.3. The first-order valence-corrected chi connectivity index (χ1v) is 8.66. The van der Waals surface area contributed by atoms with Gasteiger partial charge in [0.1, 0.15) is 0 Å². The van der Waals surface area contributed by atoms with Crippen LogP contribution in [0.5, 0.6) is 0 Å². The van der Waals surface area contributed by atoms with Crippen LogP contribution in [0.1, 0.15) is 43.2 Å². The molecule has 0 amide bonds. The van der Waals surface area contributed by atoms with Crippen molar-refractivity contribution in [2.24, 2.45) is 5.73 Å². The predicted octanol–water partition coefficient (Wildman–Crippen LogP) is 2.86. The number of nitrogens with two attached hydrogens (primary N) is 1. The van der Waals surface area contributed by atoms with Gasteiger partial charge in [0.05, 0.1) is 6.04 Å². The third-order valence-electron chi connectivity index (χ3n) is 4.69. The first-order chi connectivity index (χ1) is 9.54. The number of nitrogens with zero attached hydrogens (tertiary/aromatic N) is 2. The van der Waals surface area contributed by atoms with E-state index < -0.39 is 0 Å². The Bertz CT molecular complexity index is 408. The van der Waals surface area contributed by atoms with Crippen molar-refractivity contribution >= 4 is 11.3 Å². The average Bonchev–Trinajstić information content (AvgIpc) is 2.85. The van der Waals surface area contributed by atoms with Crippen LogP contribution in [0.2, 0.25) is 0 Å². The van der Waals surface area contributed by atoms with E-state index in [1.165, 1.54) is 42.9 Å². The van der Waals surface area contributed by atoms with Gasteiger partial charge < -0.3 is 10.6 Å². The fraction of sp³-hybridized carbons (Fsp3) is 0.750. The van der Waals surface area contributed by atoms with Crippen molar-refractivity contribution in [2.45, 2.75) is 51.7 Å². The van der Waals surface area contributed by atoms with Crippen LogP contribution in [0, 0.1) is 6.92 Å². The van der Waals surface area contributed by atoms with E-state index in [9.17, 15) is 0 Å². The lowest BCUT2D eigenvalue weighted by Gasteiger charge is -2.41. The van der Waals surface area contributed by atoms with Gasteiger partial charge in [0, 0.05) is 17.0 Å². The predicted molar refractivity (Wildman–Crippen MR) is 88.3 cm³/mol. The number of aryl methyl sites for hydroxylation is 1. The zero-order valence-corrected chi connectivity index (χ0v) is 14.1. The molecule has 114 valence electrons. The number of hydrogen-bond acceptors (Lipinski definition) is 4. The molecule has 1 saturated heterocycles. The number of hydrogen-bond donors (Lipinski definition) is 1. The first kappa shape index (κ1) is 16.0. The van der Waals surface area contributed by atoms with Crippen molar-refractivity contribution in [3.05, 3.63) is 21.9 Å². The summed E-state index contributed by atoms with van der Waals surface area (Å²) in [6, 6.07) is 3.40. The van der Waals surface area contributed by atoms with Crippen molar-refractivity contribution in [1.29, 1.82) is 0 Å². The number of thiophene rings is 1. The molecule has 2 N–H and O–H groups in total. The summed E-state index contributed by atoms with van der Waals surface area (Å²) in [5, 5.41) is 2.19. The van der Waals surface area contributed by atoms with Crippen molar-refractivity contribution in [3.8, 4) is 0 Å². The van der Waals surface area contributed by atoms with Crippen molar-refractivity contribution in [2.75, 3.05) is 26.7 Å². The van der Waals surface area contributed by atoms with Crippen molar-refractivity contribution in [1.82, 2.24) is 9.80 Å². The van der Waals surface area contributed by atoms with Gasteiger partial charge in [-0.05, 0) is 70.4 Å². The summed E-state index contributed by atoms with van der Waals surface area (Å²) in [5.41, 5.74) is 7.70. The van der Waals surface area contributed by atoms with E-state index in [0.29, 0.717) is 12.1 Å². The highest BCUT2D eigenvalue weighted by Gasteiger charge is 2.30. The van der Waals surface area contributed by atoms with Crippen LogP contribution in [0.3, 0.4) is 0 Å². The van der Waals surface area contributed by atoms with Crippen LogP contribution in [0.15, 0.2) is 11.4 Å². The molecule has 1 aliphatic heterocycles. The maximum atomic E-state index is 6.31. The second kappa shape index (κ2) is 7.03. The van der Waals surface area contributed by atoms with Crippen molar-refractivity contribution in [3.63, 3.8) is 0 Å². The number of likely N-dealkylation sites (N-methyl/N-ethyl adjacent to an activating group) is 1. The van der Waals surface area contributed by atoms with Gasteiger partial charge in [0.15, 0.2) is 0 Å². The minimum absolute atomic E-state index is 0.168. The Balaban J connectivity index is 2.09. The molecule has 0 bridgehead atoms. The minimum atomic E-state index is 0.168. The van der Waals surface area contributed by atoms with Gasteiger partial charge in [-0.15, -0.1) is 11.3 Å². The average molecular weight is 295 g/mol. The van der Waals surface area contributed by atoms with E-state index in [2.05, 4.69) is 49.1 Å². The number of rotatable bonds is 5. The van der Waals surface area contributed by atoms with Crippen LogP contribution in [0.25, 0.3) is 0 Å². The molecule has 4 heteroatoms. The molecule has 0 saturated carbocycles. The van der Waals surface area contributed by atoms with Gasteiger partial charge in [-0.3, -0.25) is 4.90 Å². The second-order valence-electron chi connectivity index (χ2n) is 6.10. The molecule has 2 unspecified atom stereocenters. The Hall–Kier alpha value is -0.420. The molecule has 20 heavy (non-hydrogen) atoms. The molecule has 2 heterocycles. The van der Waals surface area contributed by atoms with Crippen LogP contribution in [0.4, 0.5) is 0 Å². The van der Waals surface area contributed by atoms with Gasteiger partial charge in [-0.2, -0.15) is 0 Å². The van der Waals surface area contributed by atoms with Gasteiger partial charge >= 0.3 is 0 Å². The number of piperidine rings is 1. The van der Waals surface area contributed by atoms with Crippen LogP contribution in [-0.4, -0.2) is 48.6 Å². The molecule has 1 aromatic heterocycles. The van der Waals surface area contributed by atoms with Gasteiger partial charge in [-0.25, -0.2) is 0 Å². The maximum absolute atomic E-state index is 6.31. The summed E-state index contributed by atoms with van der Waals surface area (Å²) in [7, 11) is 2.26. The molecule has 0 radical (unpaired) electrons. The molecule has 1 aliphatic rings. The molecule has 2 rings (SSSR count). The maximum Gasteiger partial charge on any atom is 0.0593 e. The van der Waals surface area contributed by atoms with E-state index in [1.807, 2.05) is 11.3 Å². The highest BCUT2D eigenvalue weighted by molar-refractivity contribution is 7.10.